The fraction of sp³-hybridized carbons (Fsp3) is 0.231. The first-order valence-electron chi connectivity index (χ1n) is 5.99. The zero-order valence-electron chi connectivity index (χ0n) is 10.5. The molecule has 0 fully saturated rings. The van der Waals surface area contributed by atoms with Gasteiger partial charge in [-0.3, -0.25) is 9.38 Å². The normalized spacial score (nSPS) is 11.0. The van der Waals surface area contributed by atoms with E-state index in [1.807, 2.05) is 22.7 Å². The standard InChI is InChI=1S/C13H14N4O2/c1-18-8-5-15-13-12(10-3-2-7-19-10)16-11-9-14-4-6-17(11)13/h2-4,6-7,9,15H,5,8H2,1H3. The molecule has 0 aliphatic carbocycles. The van der Waals surface area contributed by atoms with E-state index in [0.717, 1.165) is 22.9 Å². The predicted molar refractivity (Wildman–Crippen MR) is 71.1 cm³/mol. The van der Waals surface area contributed by atoms with Crippen LogP contribution in [0.15, 0.2) is 41.4 Å². The van der Waals surface area contributed by atoms with Gasteiger partial charge in [0.15, 0.2) is 11.4 Å². The van der Waals surface area contributed by atoms with Crippen LogP contribution in [0.3, 0.4) is 0 Å². The van der Waals surface area contributed by atoms with Crippen LogP contribution in [0.5, 0.6) is 0 Å². The second-order valence-corrected chi connectivity index (χ2v) is 4.01. The van der Waals surface area contributed by atoms with E-state index in [1.165, 1.54) is 0 Å². The van der Waals surface area contributed by atoms with Gasteiger partial charge in [-0.1, -0.05) is 0 Å². The Morgan fingerprint density at radius 2 is 2.42 bits per heavy atom. The molecule has 0 saturated carbocycles. The van der Waals surface area contributed by atoms with Crippen molar-refractivity contribution in [2.75, 3.05) is 25.6 Å². The van der Waals surface area contributed by atoms with Crippen LogP contribution in [-0.4, -0.2) is 34.6 Å². The summed E-state index contributed by atoms with van der Waals surface area (Å²) in [6, 6.07) is 3.73. The zero-order valence-corrected chi connectivity index (χ0v) is 10.5. The Balaban J connectivity index is 2.06. The summed E-state index contributed by atoms with van der Waals surface area (Å²) in [5.41, 5.74) is 1.54. The molecule has 0 radical (unpaired) electrons. The fourth-order valence-corrected chi connectivity index (χ4v) is 1.93. The Morgan fingerprint density at radius 3 is 3.21 bits per heavy atom. The molecule has 6 heteroatoms. The van der Waals surface area contributed by atoms with Gasteiger partial charge in [0.25, 0.3) is 0 Å². The highest BCUT2D eigenvalue weighted by atomic mass is 16.5. The van der Waals surface area contributed by atoms with Crippen LogP contribution in [0.2, 0.25) is 0 Å². The van der Waals surface area contributed by atoms with Gasteiger partial charge in [0, 0.05) is 26.0 Å². The molecular weight excluding hydrogens is 244 g/mol. The molecule has 3 aromatic heterocycles. The molecule has 98 valence electrons. The summed E-state index contributed by atoms with van der Waals surface area (Å²) in [6.07, 6.45) is 6.94. The van der Waals surface area contributed by atoms with Crippen LogP contribution in [0.25, 0.3) is 17.1 Å². The number of nitrogens with zero attached hydrogens (tertiary/aromatic N) is 3. The Bertz CT molecular complexity index is 660. The molecule has 0 aliphatic rings. The number of fused-ring (bicyclic) bond motifs is 1. The van der Waals surface area contributed by atoms with Gasteiger partial charge in [-0.2, -0.15) is 0 Å². The zero-order chi connectivity index (χ0) is 13.1. The van der Waals surface area contributed by atoms with Crippen molar-refractivity contribution in [1.29, 1.82) is 0 Å². The largest absolute Gasteiger partial charge is 0.463 e. The first-order chi connectivity index (χ1) is 9.40. The monoisotopic (exact) mass is 258 g/mol. The average molecular weight is 258 g/mol. The van der Waals surface area contributed by atoms with Crippen molar-refractivity contribution in [3.63, 3.8) is 0 Å². The lowest BCUT2D eigenvalue weighted by molar-refractivity contribution is 0.210. The van der Waals surface area contributed by atoms with Crippen molar-refractivity contribution >= 4 is 11.5 Å². The molecule has 19 heavy (non-hydrogen) atoms. The molecule has 0 aromatic carbocycles. The maximum Gasteiger partial charge on any atom is 0.157 e. The predicted octanol–water partition coefficient (Wildman–Crippen LogP) is 2.05. The molecule has 1 N–H and O–H groups in total. The highest BCUT2D eigenvalue weighted by Crippen LogP contribution is 2.28. The molecule has 0 spiro atoms. The molecule has 3 rings (SSSR count). The number of hydrogen-bond acceptors (Lipinski definition) is 5. The molecule has 0 aliphatic heterocycles. The minimum Gasteiger partial charge on any atom is -0.463 e. The maximum absolute atomic E-state index is 5.43. The van der Waals surface area contributed by atoms with Crippen LogP contribution in [-0.2, 0) is 4.74 Å². The van der Waals surface area contributed by atoms with Crippen molar-refractivity contribution in [3.05, 3.63) is 37.0 Å². The van der Waals surface area contributed by atoms with Gasteiger partial charge >= 0.3 is 0 Å². The summed E-state index contributed by atoms with van der Waals surface area (Å²) < 4.78 is 12.4. The lowest BCUT2D eigenvalue weighted by atomic mass is 10.3. The minimum absolute atomic E-state index is 0.621. The topological polar surface area (TPSA) is 64.6 Å². The number of methoxy groups -OCH3 is 1. The highest BCUT2D eigenvalue weighted by molar-refractivity contribution is 5.73. The summed E-state index contributed by atoms with van der Waals surface area (Å²) >= 11 is 0. The number of furan rings is 1. The fourth-order valence-electron chi connectivity index (χ4n) is 1.93. The van der Waals surface area contributed by atoms with Crippen LogP contribution in [0.1, 0.15) is 0 Å². The summed E-state index contributed by atoms with van der Waals surface area (Å²) in [5, 5.41) is 3.31. The van der Waals surface area contributed by atoms with Gasteiger partial charge in [-0.15, -0.1) is 0 Å². The van der Waals surface area contributed by atoms with Gasteiger partial charge < -0.3 is 14.5 Å². The van der Waals surface area contributed by atoms with Gasteiger partial charge in [0.2, 0.25) is 0 Å². The quantitative estimate of drug-likeness (QED) is 0.709. The summed E-state index contributed by atoms with van der Waals surface area (Å²) in [6.45, 7) is 1.32. The van der Waals surface area contributed by atoms with Crippen LogP contribution in [0, 0.1) is 0 Å². The van der Waals surface area contributed by atoms with E-state index in [0.29, 0.717) is 13.2 Å². The van der Waals surface area contributed by atoms with Gasteiger partial charge in [-0.25, -0.2) is 4.98 Å². The molecule has 0 unspecified atom stereocenters. The van der Waals surface area contributed by atoms with E-state index < -0.39 is 0 Å². The number of aromatic nitrogens is 3. The van der Waals surface area contributed by atoms with Gasteiger partial charge in [0.1, 0.15) is 11.5 Å². The molecule has 3 aromatic rings. The van der Waals surface area contributed by atoms with Crippen molar-refractivity contribution in [2.24, 2.45) is 0 Å². The smallest absolute Gasteiger partial charge is 0.157 e. The van der Waals surface area contributed by atoms with E-state index in [4.69, 9.17) is 9.15 Å². The number of nitrogens with one attached hydrogen (secondary N) is 1. The first-order valence-corrected chi connectivity index (χ1v) is 5.99. The Kier molecular flexibility index (Phi) is 3.16. The van der Waals surface area contributed by atoms with E-state index >= 15 is 0 Å². The summed E-state index contributed by atoms with van der Waals surface area (Å²) in [4.78, 5) is 8.62. The molecule has 0 amide bonds. The molecule has 3 heterocycles. The highest BCUT2D eigenvalue weighted by Gasteiger charge is 2.15. The summed E-state index contributed by atoms with van der Waals surface area (Å²) in [5.74, 6) is 1.60. The van der Waals surface area contributed by atoms with Crippen LogP contribution < -0.4 is 5.32 Å². The van der Waals surface area contributed by atoms with Crippen molar-refractivity contribution in [3.8, 4) is 11.5 Å². The third-order valence-electron chi connectivity index (χ3n) is 2.78. The van der Waals surface area contributed by atoms with Crippen LogP contribution in [0.4, 0.5) is 5.82 Å². The minimum atomic E-state index is 0.621. The van der Waals surface area contributed by atoms with E-state index in [1.54, 1.807) is 25.8 Å². The summed E-state index contributed by atoms with van der Waals surface area (Å²) in [7, 11) is 1.67. The van der Waals surface area contributed by atoms with Gasteiger partial charge in [-0.05, 0) is 12.1 Å². The number of anilines is 1. The average Bonchev–Trinajstić information content (AvgIpc) is 3.06. The second-order valence-electron chi connectivity index (χ2n) is 4.01. The van der Waals surface area contributed by atoms with E-state index in [9.17, 15) is 0 Å². The van der Waals surface area contributed by atoms with E-state index in [2.05, 4.69) is 15.3 Å². The number of rotatable bonds is 5. The second kappa shape index (κ2) is 5.11. The Morgan fingerprint density at radius 1 is 1.47 bits per heavy atom. The third-order valence-corrected chi connectivity index (χ3v) is 2.78. The van der Waals surface area contributed by atoms with Crippen molar-refractivity contribution < 1.29 is 9.15 Å². The molecule has 0 bridgehead atoms. The Labute approximate surface area is 110 Å². The molecule has 0 saturated heterocycles. The SMILES string of the molecule is COCCNc1c(-c2ccco2)nc2cnccn12. The molecule has 0 atom stereocenters. The van der Waals surface area contributed by atoms with Crippen molar-refractivity contribution in [1.82, 2.24) is 14.4 Å². The third kappa shape index (κ3) is 2.17. The maximum atomic E-state index is 5.43. The van der Waals surface area contributed by atoms with Crippen LogP contribution >= 0.6 is 0 Å². The lowest BCUT2D eigenvalue weighted by Gasteiger charge is -2.06. The molecule has 6 nitrogen and oxygen atoms in total. The number of hydrogen-bond donors (Lipinski definition) is 1. The Hall–Kier alpha value is -2.34. The number of ether oxygens (including phenoxy) is 1. The van der Waals surface area contributed by atoms with Crippen molar-refractivity contribution in [2.45, 2.75) is 0 Å². The van der Waals surface area contributed by atoms with Gasteiger partial charge in [0.05, 0.1) is 19.1 Å². The molecular formula is C13H14N4O2. The lowest BCUT2D eigenvalue weighted by Crippen LogP contribution is -2.09. The first kappa shape index (κ1) is 11.7. The number of imidazole rings is 1. The van der Waals surface area contributed by atoms with E-state index in [-0.39, 0.29) is 0 Å².